The highest BCUT2D eigenvalue weighted by molar-refractivity contribution is 7.11. The van der Waals surface area contributed by atoms with E-state index in [0.717, 1.165) is 16.8 Å². The first-order valence-electron chi connectivity index (χ1n) is 12.1. The highest BCUT2D eigenvalue weighted by atomic mass is 35.5. The summed E-state index contributed by atoms with van der Waals surface area (Å²) in [5.74, 6) is 0.634. The number of nitrogens with one attached hydrogen (secondary N) is 1. The van der Waals surface area contributed by atoms with Gasteiger partial charge in [-0.2, -0.15) is 13.9 Å². The Morgan fingerprint density at radius 3 is 2.74 bits per heavy atom. The van der Waals surface area contributed by atoms with Crippen LogP contribution in [0.5, 0.6) is 0 Å². The summed E-state index contributed by atoms with van der Waals surface area (Å²) in [6, 6.07) is 4.80. The molecule has 0 radical (unpaired) electrons. The van der Waals surface area contributed by atoms with Gasteiger partial charge in [0.1, 0.15) is 11.6 Å². The van der Waals surface area contributed by atoms with Crippen LogP contribution in [0.15, 0.2) is 52.9 Å². The van der Waals surface area contributed by atoms with Crippen LogP contribution in [0.25, 0.3) is 5.57 Å². The number of carbonyl (C=O) groups is 1. The van der Waals surface area contributed by atoms with Crippen LogP contribution in [0.1, 0.15) is 61.5 Å². The average molecular weight is 561 g/mol. The molecule has 2 aliphatic rings. The number of benzene rings is 1. The van der Waals surface area contributed by atoms with Crippen molar-refractivity contribution in [2.24, 2.45) is 4.99 Å². The lowest BCUT2D eigenvalue weighted by Crippen LogP contribution is -2.41. The first kappa shape index (κ1) is 26.3. The molecule has 2 atom stereocenters. The fraction of sp³-hybridized carbons (Fsp3) is 0.385. The van der Waals surface area contributed by atoms with Crippen LogP contribution < -0.4 is 5.32 Å². The predicted molar refractivity (Wildman–Crippen MR) is 142 cm³/mol. The predicted octanol–water partition coefficient (Wildman–Crippen LogP) is 6.21. The molecule has 0 bridgehead atoms. The number of nitrogens with zero attached hydrogens (tertiary/aromatic N) is 5. The SMILES string of the molecule is Cc1ccc([C@@H]2N=C(c3nccs3)N3C[C@@H](NC(=O)OC(C)(C)C)CC3=C2c2cnn(C(F)F)c2)c(Cl)c1. The van der Waals surface area contributed by atoms with Crippen molar-refractivity contribution in [2.75, 3.05) is 6.54 Å². The average Bonchev–Trinajstić information content (AvgIpc) is 3.57. The summed E-state index contributed by atoms with van der Waals surface area (Å²) >= 11 is 8.16. The smallest absolute Gasteiger partial charge is 0.407 e. The normalized spacial score (nSPS) is 19.6. The number of fused-ring (bicyclic) bond motifs is 1. The molecule has 5 rings (SSSR count). The maximum Gasteiger partial charge on any atom is 0.407 e. The van der Waals surface area contributed by atoms with Gasteiger partial charge in [-0.15, -0.1) is 11.3 Å². The molecule has 0 unspecified atom stereocenters. The second kappa shape index (κ2) is 10.1. The minimum absolute atomic E-state index is 0.308. The first-order chi connectivity index (χ1) is 18.0. The molecule has 4 heterocycles. The van der Waals surface area contributed by atoms with Gasteiger partial charge in [-0.3, -0.25) is 4.99 Å². The number of aryl methyl sites for hydroxylation is 1. The van der Waals surface area contributed by atoms with Crippen LogP contribution in [0.3, 0.4) is 0 Å². The number of amides is 1. The summed E-state index contributed by atoms with van der Waals surface area (Å²) in [7, 11) is 0. The molecule has 8 nitrogen and oxygen atoms in total. The third-order valence-electron chi connectivity index (χ3n) is 6.17. The molecule has 200 valence electrons. The Labute approximate surface area is 228 Å². The molecular formula is C26H27ClF2N6O2S. The number of hydrogen-bond acceptors (Lipinski definition) is 7. The highest BCUT2D eigenvalue weighted by Crippen LogP contribution is 2.46. The van der Waals surface area contributed by atoms with Crippen LogP contribution in [0.4, 0.5) is 13.6 Å². The summed E-state index contributed by atoms with van der Waals surface area (Å²) < 4.78 is 33.1. The Balaban J connectivity index is 1.64. The zero-order valence-electron chi connectivity index (χ0n) is 21.3. The van der Waals surface area contributed by atoms with Gasteiger partial charge in [-0.05, 0) is 44.9 Å². The van der Waals surface area contributed by atoms with Gasteiger partial charge in [0.25, 0.3) is 0 Å². The van der Waals surface area contributed by atoms with Crippen molar-refractivity contribution >= 4 is 40.4 Å². The molecule has 0 aliphatic carbocycles. The molecular weight excluding hydrogens is 534 g/mol. The third-order valence-corrected chi connectivity index (χ3v) is 7.26. The molecule has 38 heavy (non-hydrogen) atoms. The van der Waals surface area contributed by atoms with Crippen molar-refractivity contribution in [1.29, 1.82) is 0 Å². The summed E-state index contributed by atoms with van der Waals surface area (Å²) in [6.45, 7) is 4.97. The van der Waals surface area contributed by atoms with Crippen molar-refractivity contribution in [1.82, 2.24) is 25.0 Å². The van der Waals surface area contributed by atoms with Gasteiger partial charge in [-0.1, -0.05) is 23.7 Å². The van der Waals surface area contributed by atoms with E-state index in [1.807, 2.05) is 35.4 Å². The van der Waals surface area contributed by atoms with E-state index in [9.17, 15) is 13.6 Å². The van der Waals surface area contributed by atoms with E-state index in [4.69, 9.17) is 21.3 Å². The van der Waals surface area contributed by atoms with Gasteiger partial charge in [0.2, 0.25) is 0 Å². The molecule has 1 amide bonds. The number of aromatic nitrogens is 3. The quantitative estimate of drug-likeness (QED) is 0.401. The van der Waals surface area contributed by atoms with Crippen LogP contribution in [-0.4, -0.2) is 49.8 Å². The van der Waals surface area contributed by atoms with E-state index in [-0.39, 0.29) is 6.04 Å². The second-order valence-electron chi connectivity index (χ2n) is 10.2. The Hall–Kier alpha value is -3.31. The van der Waals surface area contributed by atoms with E-state index < -0.39 is 24.3 Å². The molecule has 1 saturated heterocycles. The van der Waals surface area contributed by atoms with Crippen molar-refractivity contribution < 1.29 is 18.3 Å². The van der Waals surface area contributed by atoms with Crippen LogP contribution >= 0.6 is 22.9 Å². The standard InChI is InChI=1S/C26H27ClF2N6O2S/c1-14-5-6-17(18(27)9-14)21-20(15-11-31-35(12-15)24(28)29)19-10-16(32-25(36)37-26(2,3)4)13-34(19)22(33-21)23-30-7-8-38-23/h5-9,11-12,16,21,24H,10,13H2,1-4H3,(H,32,36)/t16-,21-/m0/s1. The zero-order valence-corrected chi connectivity index (χ0v) is 22.9. The van der Waals surface area contributed by atoms with E-state index in [1.54, 1.807) is 27.0 Å². The number of aliphatic imine (C=N–C) groups is 1. The first-order valence-corrected chi connectivity index (χ1v) is 13.3. The molecule has 2 aliphatic heterocycles. The monoisotopic (exact) mass is 560 g/mol. The summed E-state index contributed by atoms with van der Waals surface area (Å²) in [5.41, 5.74) is 3.12. The largest absolute Gasteiger partial charge is 0.444 e. The van der Waals surface area contributed by atoms with Gasteiger partial charge >= 0.3 is 12.6 Å². The summed E-state index contributed by atoms with van der Waals surface area (Å²) in [6.07, 6.45) is 4.34. The Morgan fingerprint density at radius 1 is 1.32 bits per heavy atom. The number of thiazole rings is 1. The number of rotatable bonds is 5. The molecule has 3 aromatic rings. The lowest BCUT2D eigenvalue weighted by molar-refractivity contribution is 0.0506. The van der Waals surface area contributed by atoms with E-state index in [0.29, 0.717) is 44.6 Å². The molecule has 0 saturated carbocycles. The van der Waals surface area contributed by atoms with E-state index >= 15 is 0 Å². The highest BCUT2D eigenvalue weighted by Gasteiger charge is 2.41. The minimum Gasteiger partial charge on any atom is -0.444 e. The lowest BCUT2D eigenvalue weighted by Gasteiger charge is -2.32. The van der Waals surface area contributed by atoms with Crippen molar-refractivity contribution in [3.05, 3.63) is 74.6 Å². The molecule has 0 spiro atoms. The van der Waals surface area contributed by atoms with Gasteiger partial charge in [0.05, 0.1) is 12.2 Å². The minimum atomic E-state index is -2.78. The molecule has 1 aromatic carbocycles. The number of alkyl carbamates (subject to hydrolysis) is 1. The molecule has 1 N–H and O–H groups in total. The zero-order chi connectivity index (χ0) is 27.2. The van der Waals surface area contributed by atoms with Gasteiger partial charge in [0.15, 0.2) is 10.8 Å². The number of hydrogen-bond donors (Lipinski definition) is 1. The Bertz CT molecular complexity index is 1410. The Kier molecular flexibility index (Phi) is 6.99. The fourth-order valence-electron chi connectivity index (χ4n) is 4.69. The van der Waals surface area contributed by atoms with Crippen molar-refractivity contribution in [3.8, 4) is 0 Å². The molecule has 1 fully saturated rings. The fourth-order valence-corrected chi connectivity index (χ4v) is 5.66. The van der Waals surface area contributed by atoms with Crippen LogP contribution in [0.2, 0.25) is 5.02 Å². The second-order valence-corrected chi connectivity index (χ2v) is 11.5. The lowest BCUT2D eigenvalue weighted by atomic mass is 9.90. The number of alkyl halides is 2. The van der Waals surface area contributed by atoms with E-state index in [2.05, 4.69) is 15.4 Å². The van der Waals surface area contributed by atoms with Crippen molar-refractivity contribution in [3.63, 3.8) is 0 Å². The van der Waals surface area contributed by atoms with E-state index in [1.165, 1.54) is 23.7 Å². The number of amidine groups is 1. The number of ether oxygens (including phenoxy) is 1. The maximum absolute atomic E-state index is 13.5. The summed E-state index contributed by atoms with van der Waals surface area (Å²) in [5, 5.41) is 9.92. The Morgan fingerprint density at radius 2 is 2.11 bits per heavy atom. The maximum atomic E-state index is 13.5. The van der Waals surface area contributed by atoms with Gasteiger partial charge in [-0.25, -0.2) is 14.5 Å². The molecule has 12 heteroatoms. The van der Waals surface area contributed by atoms with Crippen LogP contribution in [-0.2, 0) is 4.74 Å². The number of carbonyl (C=O) groups excluding carboxylic acids is 1. The van der Waals surface area contributed by atoms with Crippen molar-refractivity contribution in [2.45, 2.75) is 58.3 Å². The molecule has 2 aromatic heterocycles. The van der Waals surface area contributed by atoms with Gasteiger partial charge in [0, 0.05) is 52.6 Å². The third kappa shape index (κ3) is 5.30. The topological polar surface area (TPSA) is 84.6 Å². The summed E-state index contributed by atoms with van der Waals surface area (Å²) in [4.78, 5) is 24.2. The number of halogens is 3. The van der Waals surface area contributed by atoms with Gasteiger partial charge < -0.3 is 15.0 Å². The van der Waals surface area contributed by atoms with Crippen LogP contribution in [0, 0.1) is 6.92 Å².